The number of hydrogen-bond donors (Lipinski definition) is 1. The van der Waals surface area contributed by atoms with E-state index in [0.717, 1.165) is 16.3 Å². The van der Waals surface area contributed by atoms with Gasteiger partial charge >= 0.3 is 5.69 Å². The van der Waals surface area contributed by atoms with Crippen LogP contribution in [0.15, 0.2) is 32.9 Å². The highest BCUT2D eigenvalue weighted by atomic mass is 79.9. The fourth-order valence-corrected chi connectivity index (χ4v) is 3.57. The Hall–Kier alpha value is -2.53. The number of nitrogens with zero attached hydrogens (tertiary/aromatic N) is 3. The second-order valence-electron chi connectivity index (χ2n) is 6.02. The molecule has 3 heterocycles. The molecule has 3 aromatic rings. The zero-order chi connectivity index (χ0) is 19.1. The van der Waals surface area contributed by atoms with Crippen LogP contribution in [0.2, 0.25) is 0 Å². The minimum atomic E-state index is -0.456. The molecule has 9 nitrogen and oxygen atoms in total. The number of hydrogen-bond acceptors (Lipinski definition) is 7. The van der Waals surface area contributed by atoms with Crippen LogP contribution in [0, 0.1) is 0 Å². The first-order chi connectivity index (χ1) is 13.0. The second kappa shape index (κ2) is 7.84. The summed E-state index contributed by atoms with van der Waals surface area (Å²) >= 11 is 1.16. The fourth-order valence-electron chi connectivity index (χ4n) is 2.81. The molecule has 2 aromatic heterocycles. The van der Waals surface area contributed by atoms with E-state index in [2.05, 4.69) is 9.97 Å². The molecule has 0 atom stereocenters. The first kappa shape index (κ1) is 20.2. The minimum Gasteiger partial charge on any atom is -0.486 e. The van der Waals surface area contributed by atoms with Crippen LogP contribution in [-0.4, -0.2) is 43.9 Å². The van der Waals surface area contributed by atoms with E-state index in [-0.39, 0.29) is 39.7 Å². The Bertz CT molecular complexity index is 1180. The van der Waals surface area contributed by atoms with Gasteiger partial charge in [0, 0.05) is 19.7 Å². The number of halogens is 1. The SMILES string of the molecule is Br.Cn1c(=O)c2[nH]c(SCC(=O)c3ccc4c(c3)OCCO4)nc2n(C)c1=O. The van der Waals surface area contributed by atoms with Gasteiger partial charge < -0.3 is 14.5 Å². The molecule has 1 N–H and O–H groups in total. The van der Waals surface area contributed by atoms with Crippen LogP contribution in [0.5, 0.6) is 11.5 Å². The molecule has 0 bridgehead atoms. The number of fused-ring (bicyclic) bond motifs is 2. The Morgan fingerprint density at radius 2 is 1.89 bits per heavy atom. The van der Waals surface area contributed by atoms with Gasteiger partial charge in [0.25, 0.3) is 5.56 Å². The van der Waals surface area contributed by atoms with Crippen LogP contribution in [-0.2, 0) is 14.1 Å². The Morgan fingerprint density at radius 3 is 2.64 bits per heavy atom. The third kappa shape index (κ3) is 3.47. The number of Topliss-reactive ketones (excluding diaryl/α,β-unsaturated/α-hetero) is 1. The maximum absolute atomic E-state index is 12.5. The van der Waals surface area contributed by atoms with E-state index in [4.69, 9.17) is 9.47 Å². The summed E-state index contributed by atoms with van der Waals surface area (Å²) in [5.74, 6) is 1.19. The summed E-state index contributed by atoms with van der Waals surface area (Å²) in [4.78, 5) is 43.8. The number of aromatic amines is 1. The standard InChI is InChI=1S/C17H16N4O5S.BrH/c1-20-14-13(15(23)21(2)17(20)24)18-16(19-14)27-8-10(22)9-3-4-11-12(7-9)26-6-5-25-11;/h3-4,7H,5-6,8H2,1-2H3,(H,18,19);1H. The lowest BCUT2D eigenvalue weighted by molar-refractivity contribution is 0.102. The molecule has 0 amide bonds. The van der Waals surface area contributed by atoms with E-state index in [1.165, 1.54) is 11.6 Å². The summed E-state index contributed by atoms with van der Waals surface area (Å²) in [6.07, 6.45) is 0. The molecule has 28 heavy (non-hydrogen) atoms. The van der Waals surface area contributed by atoms with Crippen molar-refractivity contribution in [2.24, 2.45) is 14.1 Å². The van der Waals surface area contributed by atoms with Crippen molar-refractivity contribution in [2.75, 3.05) is 19.0 Å². The molecular weight excluding hydrogens is 452 g/mol. The summed E-state index contributed by atoms with van der Waals surface area (Å²) in [7, 11) is 2.95. The summed E-state index contributed by atoms with van der Waals surface area (Å²) in [6, 6.07) is 5.07. The lowest BCUT2D eigenvalue weighted by Gasteiger charge is -2.18. The smallest absolute Gasteiger partial charge is 0.332 e. The summed E-state index contributed by atoms with van der Waals surface area (Å²) < 4.78 is 13.2. The molecule has 0 fully saturated rings. The number of carbonyl (C=O) groups excluding carboxylic acids is 1. The van der Waals surface area contributed by atoms with E-state index in [1.54, 1.807) is 25.2 Å². The quantitative estimate of drug-likeness (QED) is 0.453. The first-order valence-electron chi connectivity index (χ1n) is 8.17. The monoisotopic (exact) mass is 468 g/mol. The summed E-state index contributed by atoms with van der Waals surface area (Å²) in [5.41, 5.74) is 0.0888. The molecule has 11 heteroatoms. The van der Waals surface area contributed by atoms with Gasteiger partial charge in [0.2, 0.25) is 0 Å². The van der Waals surface area contributed by atoms with Crippen molar-refractivity contribution in [3.05, 3.63) is 44.6 Å². The molecule has 4 rings (SSSR count). The number of aryl methyl sites for hydroxylation is 1. The van der Waals surface area contributed by atoms with Gasteiger partial charge in [-0.2, -0.15) is 0 Å². The van der Waals surface area contributed by atoms with Gasteiger partial charge in [-0.3, -0.25) is 18.7 Å². The normalized spacial score (nSPS) is 12.6. The van der Waals surface area contributed by atoms with Crippen molar-refractivity contribution < 1.29 is 14.3 Å². The maximum atomic E-state index is 12.5. The Balaban J connectivity index is 0.00000225. The van der Waals surface area contributed by atoms with Gasteiger partial charge in [-0.15, -0.1) is 17.0 Å². The molecule has 1 aliphatic rings. The zero-order valence-electron chi connectivity index (χ0n) is 15.1. The number of H-pyrrole nitrogens is 1. The number of aromatic nitrogens is 4. The van der Waals surface area contributed by atoms with E-state index in [9.17, 15) is 14.4 Å². The molecule has 0 unspecified atom stereocenters. The minimum absolute atomic E-state index is 0. The van der Waals surface area contributed by atoms with Crippen LogP contribution < -0.4 is 20.7 Å². The van der Waals surface area contributed by atoms with E-state index < -0.39 is 11.2 Å². The van der Waals surface area contributed by atoms with Crippen LogP contribution in [0.25, 0.3) is 11.2 Å². The number of rotatable bonds is 4. The number of ether oxygens (including phenoxy) is 2. The molecule has 1 aromatic carbocycles. The van der Waals surface area contributed by atoms with Gasteiger partial charge in [0.1, 0.15) is 13.2 Å². The second-order valence-corrected chi connectivity index (χ2v) is 6.98. The van der Waals surface area contributed by atoms with Gasteiger partial charge in [-0.1, -0.05) is 11.8 Å². The zero-order valence-corrected chi connectivity index (χ0v) is 17.6. The van der Waals surface area contributed by atoms with Crippen molar-refractivity contribution in [3.63, 3.8) is 0 Å². The number of thioether (sulfide) groups is 1. The molecule has 0 saturated heterocycles. The maximum Gasteiger partial charge on any atom is 0.332 e. The molecule has 0 saturated carbocycles. The van der Waals surface area contributed by atoms with E-state index in [0.29, 0.717) is 35.4 Å². The molecule has 0 aliphatic carbocycles. The molecule has 148 valence electrons. The number of imidazole rings is 1. The van der Waals surface area contributed by atoms with Crippen molar-refractivity contribution in [1.82, 2.24) is 19.1 Å². The Kier molecular flexibility index (Phi) is 5.66. The first-order valence-corrected chi connectivity index (χ1v) is 9.15. The molecular formula is C17H17BrN4O5S. The summed E-state index contributed by atoms with van der Waals surface area (Å²) in [6.45, 7) is 0.941. The Labute approximate surface area is 173 Å². The van der Waals surface area contributed by atoms with Crippen molar-refractivity contribution >= 4 is 45.7 Å². The lowest BCUT2D eigenvalue weighted by atomic mass is 10.1. The molecule has 0 radical (unpaired) electrons. The fraction of sp³-hybridized carbons (Fsp3) is 0.294. The molecule has 0 spiro atoms. The number of ketones is 1. The van der Waals surface area contributed by atoms with Crippen LogP contribution in [0.4, 0.5) is 0 Å². The van der Waals surface area contributed by atoms with Crippen molar-refractivity contribution in [1.29, 1.82) is 0 Å². The van der Waals surface area contributed by atoms with Gasteiger partial charge in [0.05, 0.1) is 5.75 Å². The Morgan fingerprint density at radius 1 is 1.18 bits per heavy atom. The largest absolute Gasteiger partial charge is 0.486 e. The number of carbonyl (C=O) groups is 1. The summed E-state index contributed by atoms with van der Waals surface area (Å²) in [5, 5.41) is 0.397. The molecule has 1 aliphatic heterocycles. The van der Waals surface area contributed by atoms with Gasteiger partial charge in [0.15, 0.2) is 33.6 Å². The van der Waals surface area contributed by atoms with Crippen molar-refractivity contribution in [3.8, 4) is 11.5 Å². The predicted octanol–water partition coefficient (Wildman–Crippen LogP) is 1.28. The lowest BCUT2D eigenvalue weighted by Crippen LogP contribution is -2.36. The van der Waals surface area contributed by atoms with Crippen LogP contribution in [0.3, 0.4) is 0 Å². The van der Waals surface area contributed by atoms with Gasteiger partial charge in [-0.05, 0) is 18.2 Å². The van der Waals surface area contributed by atoms with Gasteiger partial charge in [-0.25, -0.2) is 9.78 Å². The van der Waals surface area contributed by atoms with E-state index >= 15 is 0 Å². The van der Waals surface area contributed by atoms with Crippen molar-refractivity contribution in [2.45, 2.75) is 5.16 Å². The topological polar surface area (TPSA) is 108 Å². The highest BCUT2D eigenvalue weighted by Crippen LogP contribution is 2.31. The number of nitrogens with one attached hydrogen (secondary N) is 1. The highest BCUT2D eigenvalue weighted by molar-refractivity contribution is 8.93. The van der Waals surface area contributed by atoms with E-state index in [1.807, 2.05) is 0 Å². The van der Waals surface area contributed by atoms with Crippen LogP contribution in [0.1, 0.15) is 10.4 Å². The third-order valence-corrected chi connectivity index (χ3v) is 5.15. The average molecular weight is 469 g/mol. The highest BCUT2D eigenvalue weighted by Gasteiger charge is 2.17. The van der Waals surface area contributed by atoms with Crippen LogP contribution >= 0.6 is 28.7 Å². The average Bonchev–Trinajstić information content (AvgIpc) is 3.13. The third-order valence-electron chi connectivity index (χ3n) is 4.28. The predicted molar refractivity (Wildman–Crippen MR) is 109 cm³/mol. The number of benzene rings is 1.